The van der Waals surface area contributed by atoms with Crippen LogP contribution in [0.2, 0.25) is 5.15 Å². The summed E-state index contributed by atoms with van der Waals surface area (Å²) >= 11 is 9.42. The third-order valence-corrected chi connectivity index (χ3v) is 4.55. The third kappa shape index (κ3) is 2.79. The minimum atomic E-state index is -0.442. The zero-order chi connectivity index (χ0) is 14.2. The fourth-order valence-corrected chi connectivity index (χ4v) is 2.19. The Kier molecular flexibility index (Phi) is 3.92. The van der Waals surface area contributed by atoms with Gasteiger partial charge in [-0.25, -0.2) is 14.4 Å². The lowest BCUT2D eigenvalue weighted by atomic mass is 9.83. The minimum Gasteiger partial charge on any atom is -0.236 e. The van der Waals surface area contributed by atoms with E-state index in [2.05, 4.69) is 25.9 Å². The normalized spacial score (nSPS) is 11.7. The van der Waals surface area contributed by atoms with Crippen LogP contribution in [-0.2, 0) is 5.41 Å². The Morgan fingerprint density at radius 2 is 1.74 bits per heavy atom. The highest BCUT2D eigenvalue weighted by molar-refractivity contribution is 9.10. The van der Waals surface area contributed by atoms with Crippen LogP contribution in [-0.4, -0.2) is 9.97 Å². The zero-order valence-electron chi connectivity index (χ0n) is 10.8. The fourth-order valence-electron chi connectivity index (χ4n) is 1.80. The first-order valence-corrected chi connectivity index (χ1v) is 6.95. The summed E-state index contributed by atoms with van der Waals surface area (Å²) in [7, 11) is 0. The second kappa shape index (κ2) is 5.17. The van der Waals surface area contributed by atoms with Gasteiger partial charge in [-0.2, -0.15) is 0 Å². The van der Waals surface area contributed by atoms with Crippen LogP contribution in [0.15, 0.2) is 28.7 Å². The number of benzene rings is 1. The summed E-state index contributed by atoms with van der Waals surface area (Å²) in [4.78, 5) is 8.79. The van der Waals surface area contributed by atoms with Crippen molar-refractivity contribution < 1.29 is 4.39 Å². The minimum absolute atomic E-state index is 0.259. The molecule has 0 saturated heterocycles. The van der Waals surface area contributed by atoms with Gasteiger partial charge in [0, 0.05) is 5.41 Å². The maximum Gasteiger partial charge on any atom is 0.147 e. The lowest BCUT2D eigenvalue weighted by Gasteiger charge is -2.24. The van der Waals surface area contributed by atoms with E-state index in [1.807, 2.05) is 20.8 Å². The topological polar surface area (TPSA) is 25.8 Å². The van der Waals surface area contributed by atoms with Crippen molar-refractivity contribution in [1.82, 2.24) is 9.97 Å². The molecule has 19 heavy (non-hydrogen) atoms. The van der Waals surface area contributed by atoms with Crippen molar-refractivity contribution in [3.63, 3.8) is 0 Å². The number of hydrogen-bond acceptors (Lipinski definition) is 2. The quantitative estimate of drug-likeness (QED) is 0.741. The largest absolute Gasteiger partial charge is 0.236 e. The van der Waals surface area contributed by atoms with Crippen LogP contribution in [0, 0.1) is 12.7 Å². The highest BCUT2D eigenvalue weighted by Gasteiger charge is 2.27. The predicted molar refractivity (Wildman–Crippen MR) is 78.0 cm³/mol. The van der Waals surface area contributed by atoms with E-state index in [9.17, 15) is 4.39 Å². The van der Waals surface area contributed by atoms with Crippen LogP contribution in [0.4, 0.5) is 4.39 Å². The van der Waals surface area contributed by atoms with Crippen molar-refractivity contribution >= 4 is 27.5 Å². The molecule has 2 aromatic rings. The summed E-state index contributed by atoms with van der Waals surface area (Å²) in [5.41, 5.74) is 1.28. The molecule has 0 fully saturated rings. The average Bonchev–Trinajstić information content (AvgIpc) is 2.35. The van der Waals surface area contributed by atoms with Gasteiger partial charge in [0.25, 0.3) is 0 Å². The van der Waals surface area contributed by atoms with Gasteiger partial charge in [-0.05, 0) is 54.4 Å². The Hall–Kier alpha value is -1.00. The van der Waals surface area contributed by atoms with Crippen molar-refractivity contribution in [2.75, 3.05) is 0 Å². The maximum absolute atomic E-state index is 13.0. The number of halogens is 3. The Bertz CT molecular complexity index is 588. The molecule has 0 N–H and O–H groups in total. The van der Waals surface area contributed by atoms with E-state index >= 15 is 0 Å². The molecule has 0 saturated carbocycles. The van der Waals surface area contributed by atoms with E-state index in [0.717, 1.165) is 11.3 Å². The highest BCUT2D eigenvalue weighted by atomic mass is 79.9. The van der Waals surface area contributed by atoms with Crippen LogP contribution in [0.5, 0.6) is 0 Å². The summed E-state index contributed by atoms with van der Waals surface area (Å²) < 4.78 is 13.7. The first-order valence-electron chi connectivity index (χ1n) is 5.78. The Balaban J connectivity index is 2.52. The molecule has 0 radical (unpaired) electrons. The van der Waals surface area contributed by atoms with Gasteiger partial charge in [-0.15, -0.1) is 0 Å². The molecule has 0 bridgehead atoms. The zero-order valence-corrected chi connectivity index (χ0v) is 13.2. The number of hydrogen-bond donors (Lipinski definition) is 0. The summed E-state index contributed by atoms with van der Waals surface area (Å²) in [6, 6.07) is 6.35. The maximum atomic E-state index is 13.0. The van der Waals surface area contributed by atoms with Crippen LogP contribution in [0.25, 0.3) is 0 Å². The number of rotatable bonds is 2. The van der Waals surface area contributed by atoms with Gasteiger partial charge in [-0.3, -0.25) is 0 Å². The van der Waals surface area contributed by atoms with Gasteiger partial charge in [0.15, 0.2) is 0 Å². The van der Waals surface area contributed by atoms with E-state index in [0.29, 0.717) is 15.5 Å². The molecule has 1 aromatic carbocycles. The van der Waals surface area contributed by atoms with E-state index in [-0.39, 0.29) is 5.82 Å². The summed E-state index contributed by atoms with van der Waals surface area (Å²) in [6.07, 6.45) is 0. The lowest BCUT2D eigenvalue weighted by molar-refractivity contribution is 0.580. The smallest absolute Gasteiger partial charge is 0.147 e. The molecule has 0 atom stereocenters. The number of aryl methyl sites for hydroxylation is 1. The van der Waals surface area contributed by atoms with E-state index in [4.69, 9.17) is 11.6 Å². The second-order valence-electron chi connectivity index (χ2n) is 4.87. The molecule has 100 valence electrons. The Labute approximate surface area is 125 Å². The summed E-state index contributed by atoms with van der Waals surface area (Å²) in [5, 5.41) is 0.387. The fraction of sp³-hybridized carbons (Fsp3) is 0.286. The molecule has 0 unspecified atom stereocenters. The molecule has 0 amide bonds. The molecule has 5 heteroatoms. The van der Waals surface area contributed by atoms with Crippen molar-refractivity contribution in [1.29, 1.82) is 0 Å². The molecule has 0 aliphatic carbocycles. The van der Waals surface area contributed by atoms with Crippen molar-refractivity contribution in [2.45, 2.75) is 26.2 Å². The monoisotopic (exact) mass is 342 g/mol. The van der Waals surface area contributed by atoms with E-state index < -0.39 is 5.41 Å². The molecule has 1 heterocycles. The van der Waals surface area contributed by atoms with Crippen LogP contribution in [0.3, 0.4) is 0 Å². The van der Waals surface area contributed by atoms with Gasteiger partial charge in [0.2, 0.25) is 0 Å². The van der Waals surface area contributed by atoms with Crippen LogP contribution < -0.4 is 0 Å². The van der Waals surface area contributed by atoms with E-state index in [1.54, 1.807) is 12.1 Å². The molecule has 1 aromatic heterocycles. The van der Waals surface area contributed by atoms with Gasteiger partial charge >= 0.3 is 0 Å². The molecular formula is C14H13BrClFN2. The Morgan fingerprint density at radius 1 is 1.16 bits per heavy atom. The third-order valence-electron chi connectivity index (χ3n) is 3.10. The number of aromatic nitrogens is 2. The average molecular weight is 344 g/mol. The molecule has 0 spiro atoms. The lowest BCUT2D eigenvalue weighted by Crippen LogP contribution is -2.23. The first-order chi connectivity index (χ1) is 8.82. The van der Waals surface area contributed by atoms with E-state index in [1.165, 1.54) is 12.1 Å². The van der Waals surface area contributed by atoms with Gasteiger partial charge in [0.05, 0.1) is 10.2 Å². The predicted octanol–water partition coefficient (Wildman–Crippen LogP) is 4.67. The molecular weight excluding hydrogens is 331 g/mol. The second-order valence-corrected chi connectivity index (χ2v) is 6.02. The SMILES string of the molecule is Cc1nc(C(C)(C)c2ccc(F)cc2)nc(Cl)c1Br. The van der Waals surface area contributed by atoms with Gasteiger partial charge < -0.3 is 0 Å². The first kappa shape index (κ1) is 14.4. The Morgan fingerprint density at radius 3 is 2.26 bits per heavy atom. The molecule has 2 nitrogen and oxygen atoms in total. The van der Waals surface area contributed by atoms with Crippen molar-refractivity contribution in [3.05, 3.63) is 56.8 Å². The molecule has 0 aliphatic heterocycles. The van der Waals surface area contributed by atoms with Gasteiger partial charge in [0.1, 0.15) is 16.8 Å². The van der Waals surface area contributed by atoms with Gasteiger partial charge in [-0.1, -0.05) is 23.7 Å². The highest BCUT2D eigenvalue weighted by Crippen LogP contribution is 2.32. The van der Waals surface area contributed by atoms with Crippen molar-refractivity contribution in [2.24, 2.45) is 0 Å². The molecule has 0 aliphatic rings. The standard InChI is InChI=1S/C14H13BrClFN2/c1-8-11(15)12(16)19-13(18-8)14(2,3)9-4-6-10(17)7-5-9/h4-7H,1-3H3. The number of nitrogens with zero attached hydrogens (tertiary/aromatic N) is 2. The summed E-state index contributed by atoms with van der Waals surface area (Å²) in [5.74, 6) is 0.357. The van der Waals surface area contributed by atoms with Crippen LogP contribution >= 0.6 is 27.5 Å². The summed E-state index contributed by atoms with van der Waals surface area (Å²) in [6.45, 7) is 5.83. The van der Waals surface area contributed by atoms with Crippen LogP contribution in [0.1, 0.15) is 30.9 Å². The van der Waals surface area contributed by atoms with Crippen molar-refractivity contribution in [3.8, 4) is 0 Å². The molecule has 2 rings (SSSR count).